The predicted octanol–water partition coefficient (Wildman–Crippen LogP) is 1.96. The van der Waals surface area contributed by atoms with Crippen LogP contribution in [0.15, 0.2) is 24.5 Å². The largest absolute Gasteiger partial charge is 0.354 e. The second kappa shape index (κ2) is 3.80. The second-order valence-electron chi connectivity index (χ2n) is 3.93. The van der Waals surface area contributed by atoms with Gasteiger partial charge in [0.15, 0.2) is 11.6 Å². The Bertz CT molecular complexity index is 552. The highest BCUT2D eigenvalue weighted by Gasteiger charge is 2.23. The third-order valence-electron chi connectivity index (χ3n) is 2.90. The molecule has 0 saturated heterocycles. The molecule has 1 unspecified atom stereocenters. The monoisotopic (exact) mass is 236 g/mol. The molecule has 6 heteroatoms. The molecule has 0 spiro atoms. The minimum atomic E-state index is -0.832. The SMILES string of the molecule is Fc1ccc(C2CCNc3ncnn32)cc1F. The van der Waals surface area contributed by atoms with Crippen LogP contribution in [-0.4, -0.2) is 21.3 Å². The zero-order valence-corrected chi connectivity index (χ0v) is 8.90. The number of fused-ring (bicyclic) bond motifs is 1. The Morgan fingerprint density at radius 2 is 2.18 bits per heavy atom. The van der Waals surface area contributed by atoms with Crippen molar-refractivity contribution in [3.63, 3.8) is 0 Å². The number of nitrogens with zero attached hydrogens (tertiary/aromatic N) is 3. The fourth-order valence-corrected chi connectivity index (χ4v) is 2.08. The van der Waals surface area contributed by atoms with Crippen molar-refractivity contribution in [3.8, 4) is 0 Å². The van der Waals surface area contributed by atoms with Gasteiger partial charge in [-0.15, -0.1) is 0 Å². The van der Waals surface area contributed by atoms with E-state index in [0.29, 0.717) is 11.5 Å². The number of hydrogen-bond acceptors (Lipinski definition) is 3. The van der Waals surface area contributed by atoms with Gasteiger partial charge >= 0.3 is 0 Å². The van der Waals surface area contributed by atoms with Crippen molar-refractivity contribution in [2.24, 2.45) is 0 Å². The molecule has 0 saturated carbocycles. The first-order valence-electron chi connectivity index (χ1n) is 5.34. The average Bonchev–Trinajstić information content (AvgIpc) is 2.80. The molecule has 88 valence electrons. The molecule has 1 aromatic carbocycles. The summed E-state index contributed by atoms with van der Waals surface area (Å²) < 4.78 is 27.8. The third-order valence-corrected chi connectivity index (χ3v) is 2.90. The summed E-state index contributed by atoms with van der Waals surface area (Å²) in [4.78, 5) is 4.05. The quantitative estimate of drug-likeness (QED) is 0.823. The fraction of sp³-hybridized carbons (Fsp3) is 0.273. The molecule has 4 nitrogen and oxygen atoms in total. The molecular weight excluding hydrogens is 226 g/mol. The van der Waals surface area contributed by atoms with E-state index in [1.807, 2.05) is 0 Å². The van der Waals surface area contributed by atoms with Gasteiger partial charge in [-0.05, 0) is 24.1 Å². The Balaban J connectivity index is 2.03. The maximum Gasteiger partial charge on any atom is 0.221 e. The molecule has 2 aromatic rings. The van der Waals surface area contributed by atoms with Crippen LogP contribution in [0.3, 0.4) is 0 Å². The normalized spacial score (nSPS) is 18.6. The number of nitrogens with one attached hydrogen (secondary N) is 1. The Kier molecular flexibility index (Phi) is 2.28. The highest BCUT2D eigenvalue weighted by Crippen LogP contribution is 2.28. The number of aromatic nitrogens is 3. The van der Waals surface area contributed by atoms with Gasteiger partial charge in [-0.3, -0.25) is 0 Å². The minimum absolute atomic E-state index is 0.0937. The number of benzene rings is 1. The molecule has 17 heavy (non-hydrogen) atoms. The Morgan fingerprint density at radius 3 is 3.00 bits per heavy atom. The van der Waals surface area contributed by atoms with Gasteiger partial charge in [0.05, 0.1) is 6.04 Å². The van der Waals surface area contributed by atoms with Crippen molar-refractivity contribution in [3.05, 3.63) is 41.7 Å². The first-order valence-corrected chi connectivity index (χ1v) is 5.34. The van der Waals surface area contributed by atoms with Crippen molar-refractivity contribution in [1.29, 1.82) is 0 Å². The maximum absolute atomic E-state index is 13.2. The van der Waals surface area contributed by atoms with Gasteiger partial charge in [-0.25, -0.2) is 13.5 Å². The van der Waals surface area contributed by atoms with Gasteiger partial charge in [0.1, 0.15) is 6.33 Å². The second-order valence-corrected chi connectivity index (χ2v) is 3.93. The van der Waals surface area contributed by atoms with E-state index in [4.69, 9.17) is 0 Å². The van der Waals surface area contributed by atoms with Gasteiger partial charge in [-0.2, -0.15) is 10.1 Å². The maximum atomic E-state index is 13.2. The van der Waals surface area contributed by atoms with Crippen LogP contribution >= 0.6 is 0 Å². The summed E-state index contributed by atoms with van der Waals surface area (Å²) in [6, 6.07) is 3.85. The molecule has 0 amide bonds. The van der Waals surface area contributed by atoms with Gasteiger partial charge in [-0.1, -0.05) is 6.07 Å². The van der Waals surface area contributed by atoms with Crippen LogP contribution < -0.4 is 5.32 Å². The Labute approximate surface area is 96.3 Å². The average molecular weight is 236 g/mol. The first kappa shape index (κ1) is 10.2. The van der Waals surface area contributed by atoms with Crippen molar-refractivity contribution < 1.29 is 8.78 Å². The summed E-state index contributed by atoms with van der Waals surface area (Å²) in [7, 11) is 0. The number of anilines is 1. The number of hydrogen-bond donors (Lipinski definition) is 1. The molecule has 2 heterocycles. The molecule has 3 rings (SSSR count). The van der Waals surface area contributed by atoms with E-state index in [2.05, 4.69) is 15.4 Å². The lowest BCUT2D eigenvalue weighted by Crippen LogP contribution is -2.24. The van der Waals surface area contributed by atoms with E-state index < -0.39 is 11.6 Å². The van der Waals surface area contributed by atoms with Crippen molar-refractivity contribution in [1.82, 2.24) is 14.8 Å². The van der Waals surface area contributed by atoms with Gasteiger partial charge in [0, 0.05) is 6.54 Å². The van der Waals surface area contributed by atoms with Crippen LogP contribution in [0.2, 0.25) is 0 Å². The van der Waals surface area contributed by atoms with Crippen LogP contribution in [0, 0.1) is 11.6 Å². The smallest absolute Gasteiger partial charge is 0.221 e. The zero-order chi connectivity index (χ0) is 11.8. The lowest BCUT2D eigenvalue weighted by atomic mass is 10.0. The van der Waals surface area contributed by atoms with Crippen molar-refractivity contribution >= 4 is 5.95 Å². The molecular formula is C11H10F2N4. The standard InChI is InChI=1S/C11H10F2N4/c12-8-2-1-7(5-9(8)13)10-3-4-14-11-15-6-16-17(10)11/h1-2,5-6,10H,3-4H2,(H,14,15,16). The molecule has 1 aromatic heterocycles. The van der Waals surface area contributed by atoms with Crippen LogP contribution in [0.4, 0.5) is 14.7 Å². The van der Waals surface area contributed by atoms with Gasteiger partial charge in [0.25, 0.3) is 0 Å². The van der Waals surface area contributed by atoms with Crippen molar-refractivity contribution in [2.45, 2.75) is 12.5 Å². The van der Waals surface area contributed by atoms with E-state index in [1.165, 1.54) is 12.4 Å². The van der Waals surface area contributed by atoms with Crippen molar-refractivity contribution in [2.75, 3.05) is 11.9 Å². The molecule has 0 radical (unpaired) electrons. The van der Waals surface area contributed by atoms with Crippen LogP contribution in [0.5, 0.6) is 0 Å². The Hall–Kier alpha value is -1.98. The van der Waals surface area contributed by atoms with Crippen LogP contribution in [-0.2, 0) is 0 Å². The van der Waals surface area contributed by atoms with E-state index >= 15 is 0 Å². The predicted molar refractivity (Wildman–Crippen MR) is 57.6 cm³/mol. The molecule has 1 aliphatic rings. The molecule has 1 N–H and O–H groups in total. The lowest BCUT2D eigenvalue weighted by Gasteiger charge is -2.24. The highest BCUT2D eigenvalue weighted by molar-refractivity contribution is 5.31. The van der Waals surface area contributed by atoms with E-state index in [1.54, 1.807) is 10.7 Å². The van der Waals surface area contributed by atoms with E-state index in [-0.39, 0.29) is 6.04 Å². The van der Waals surface area contributed by atoms with E-state index in [9.17, 15) is 8.78 Å². The molecule has 1 atom stereocenters. The third kappa shape index (κ3) is 1.65. The summed E-state index contributed by atoms with van der Waals surface area (Å²) in [6.45, 7) is 0.738. The highest BCUT2D eigenvalue weighted by atomic mass is 19.2. The zero-order valence-electron chi connectivity index (χ0n) is 8.90. The molecule has 0 bridgehead atoms. The van der Waals surface area contributed by atoms with Gasteiger partial charge in [0.2, 0.25) is 5.95 Å². The first-order chi connectivity index (χ1) is 8.25. The summed E-state index contributed by atoms with van der Waals surface area (Å²) in [5.74, 6) is -1.00. The fourth-order valence-electron chi connectivity index (χ4n) is 2.08. The summed E-state index contributed by atoms with van der Waals surface area (Å²) in [6.07, 6.45) is 2.21. The lowest BCUT2D eigenvalue weighted by molar-refractivity contribution is 0.468. The number of rotatable bonds is 1. The van der Waals surface area contributed by atoms with Gasteiger partial charge < -0.3 is 5.32 Å². The summed E-state index contributed by atoms with van der Waals surface area (Å²) >= 11 is 0. The van der Waals surface area contributed by atoms with Crippen LogP contribution in [0.1, 0.15) is 18.0 Å². The molecule has 0 aliphatic carbocycles. The molecule has 0 fully saturated rings. The summed E-state index contributed by atoms with van der Waals surface area (Å²) in [5.41, 5.74) is 0.706. The van der Waals surface area contributed by atoms with Crippen LogP contribution in [0.25, 0.3) is 0 Å². The molecule has 1 aliphatic heterocycles. The topological polar surface area (TPSA) is 42.7 Å². The Morgan fingerprint density at radius 1 is 1.29 bits per heavy atom. The summed E-state index contributed by atoms with van der Waals surface area (Å²) in [5, 5.41) is 7.18. The number of halogens is 2. The van der Waals surface area contributed by atoms with E-state index in [0.717, 1.165) is 19.0 Å². The minimum Gasteiger partial charge on any atom is -0.354 e.